The van der Waals surface area contributed by atoms with E-state index >= 15 is 0 Å². The summed E-state index contributed by atoms with van der Waals surface area (Å²) in [4.78, 5) is 0. The second-order valence-corrected chi connectivity index (χ2v) is 6.80. The van der Waals surface area contributed by atoms with Crippen molar-refractivity contribution in [1.82, 2.24) is 0 Å². The van der Waals surface area contributed by atoms with E-state index in [2.05, 4.69) is 27.7 Å². The summed E-state index contributed by atoms with van der Waals surface area (Å²) in [5.41, 5.74) is 0. The predicted octanol–water partition coefficient (Wildman–Crippen LogP) is 6.03. The summed E-state index contributed by atoms with van der Waals surface area (Å²) in [6.07, 6.45) is 11.1. The van der Waals surface area contributed by atoms with Crippen LogP contribution in [0, 0.1) is 0 Å². The number of nitrogens with zero attached hydrogens (tertiary/aromatic N) is 1. The Morgan fingerprint density at radius 2 is 0.913 bits per heavy atom. The maximum absolute atomic E-state index is 2.33. The molecule has 132 valence electrons. The predicted molar refractivity (Wildman–Crippen MR) is 107 cm³/mol. The third kappa shape index (κ3) is 12.5. The summed E-state index contributed by atoms with van der Waals surface area (Å²) in [6, 6.07) is 6.00. The van der Waals surface area contributed by atoms with Crippen LogP contribution < -0.4 is 0 Å². The fourth-order valence-corrected chi connectivity index (χ4v) is 3.03. The quantitative estimate of drug-likeness (QED) is 0.413. The van der Waals surface area contributed by atoms with Crippen molar-refractivity contribution in [3.63, 3.8) is 0 Å². The molecule has 0 spiro atoms. The summed E-state index contributed by atoms with van der Waals surface area (Å²) in [7, 11) is 0. The second kappa shape index (κ2) is 16.2. The first kappa shape index (κ1) is 22.4. The van der Waals surface area contributed by atoms with Crippen molar-refractivity contribution in [2.75, 3.05) is 26.2 Å². The zero-order valence-electron chi connectivity index (χ0n) is 16.4. The Morgan fingerprint density at radius 1 is 0.565 bits per heavy atom. The summed E-state index contributed by atoms with van der Waals surface area (Å²) >= 11 is 0. The van der Waals surface area contributed by atoms with E-state index in [0.29, 0.717) is 0 Å². The summed E-state index contributed by atoms with van der Waals surface area (Å²) < 4.78 is 1.42. The third-order valence-corrected chi connectivity index (χ3v) is 4.61. The average Bonchev–Trinajstić information content (AvgIpc) is 2.62. The normalized spacial score (nSPS) is 10.8. The van der Waals surface area contributed by atoms with Gasteiger partial charge in [-0.1, -0.05) is 53.4 Å². The van der Waals surface area contributed by atoms with Crippen LogP contribution in [-0.4, -0.2) is 37.6 Å². The fourth-order valence-electron chi connectivity index (χ4n) is 3.03. The molecule has 1 aromatic heterocycles. The molecule has 0 amide bonds. The van der Waals surface area contributed by atoms with Gasteiger partial charge in [0, 0.05) is 0 Å². The van der Waals surface area contributed by atoms with Gasteiger partial charge in [-0.15, -0.1) is 0 Å². The molecule has 1 aromatic rings. The van der Waals surface area contributed by atoms with E-state index in [1.807, 2.05) is 37.0 Å². The van der Waals surface area contributed by atoms with Crippen molar-refractivity contribution in [3.8, 4) is 0 Å². The second-order valence-electron chi connectivity index (χ2n) is 6.80. The molecule has 0 fully saturated rings. The van der Waals surface area contributed by atoms with Crippen LogP contribution in [0.25, 0.3) is 0 Å². The number of hydrogen-bond acceptors (Lipinski definition) is 0. The van der Waals surface area contributed by atoms with Gasteiger partial charge in [-0.3, -0.25) is 0 Å². The van der Waals surface area contributed by atoms with Gasteiger partial charge < -0.3 is 4.48 Å². The molecular weight excluding hydrogens is 277 g/mol. The van der Waals surface area contributed by atoms with Crippen molar-refractivity contribution in [2.24, 2.45) is 0 Å². The Labute approximate surface area is 147 Å². The Kier molecular flexibility index (Phi) is 15.8. The number of quaternary nitrogens is 1. The van der Waals surface area contributed by atoms with Gasteiger partial charge in [-0.25, -0.2) is 0 Å². The Balaban J connectivity index is 0.000000664. The maximum atomic E-state index is 2.33. The molecule has 0 aromatic carbocycles. The Bertz CT molecular complexity index is 262. The standard InChI is InChI=1S/C16H36N.C5H5B/c1-5-9-13-17(14-10-6-2,15-11-7-3)16-12-8-4;1-2-4-6-5-3-1/h5-16H2,1-4H3;1-5H/q+1;. The average molecular weight is 318 g/mol. The molecule has 0 atom stereocenters. The monoisotopic (exact) mass is 318 g/mol. The first-order valence-corrected chi connectivity index (χ1v) is 10.1. The fraction of sp³-hybridized carbons (Fsp3) is 0.762. The van der Waals surface area contributed by atoms with Crippen LogP contribution in [0.4, 0.5) is 0 Å². The van der Waals surface area contributed by atoms with Gasteiger partial charge in [-0.05, 0) is 25.7 Å². The Morgan fingerprint density at radius 3 is 1.09 bits per heavy atom. The van der Waals surface area contributed by atoms with E-state index in [4.69, 9.17) is 0 Å². The van der Waals surface area contributed by atoms with Crippen LogP contribution >= 0.6 is 0 Å². The molecule has 0 unspecified atom stereocenters. The van der Waals surface area contributed by atoms with Gasteiger partial charge in [0.1, 0.15) is 0 Å². The minimum absolute atomic E-state index is 1.35. The molecule has 0 aliphatic rings. The van der Waals surface area contributed by atoms with Crippen LogP contribution in [0.1, 0.15) is 79.1 Å². The summed E-state index contributed by atoms with van der Waals surface area (Å²) in [5, 5.41) is 0. The van der Waals surface area contributed by atoms with E-state index < -0.39 is 0 Å². The van der Waals surface area contributed by atoms with Crippen LogP contribution in [0.5, 0.6) is 0 Å². The van der Waals surface area contributed by atoms with E-state index in [-0.39, 0.29) is 0 Å². The van der Waals surface area contributed by atoms with Crippen LogP contribution in [0.2, 0.25) is 0 Å². The zero-order valence-corrected chi connectivity index (χ0v) is 16.4. The summed E-state index contributed by atoms with van der Waals surface area (Å²) in [5.74, 6) is 4.00. The molecule has 0 aliphatic heterocycles. The molecule has 0 saturated carbocycles. The minimum atomic E-state index is 1.35. The van der Waals surface area contributed by atoms with Gasteiger partial charge in [0.25, 0.3) is 0 Å². The molecule has 2 heteroatoms. The van der Waals surface area contributed by atoms with Gasteiger partial charge in [0.15, 0.2) is 0 Å². The van der Waals surface area contributed by atoms with Gasteiger partial charge in [0.05, 0.1) is 26.2 Å². The molecule has 1 rings (SSSR count). The van der Waals surface area contributed by atoms with Gasteiger partial charge >= 0.3 is 37.0 Å². The van der Waals surface area contributed by atoms with Crippen molar-refractivity contribution in [2.45, 2.75) is 79.1 Å². The topological polar surface area (TPSA) is 0 Å². The van der Waals surface area contributed by atoms with Crippen molar-refractivity contribution < 1.29 is 4.48 Å². The first-order chi connectivity index (χ1) is 11.2. The number of hydrogen-bond donors (Lipinski definition) is 0. The summed E-state index contributed by atoms with van der Waals surface area (Å²) in [6.45, 7) is 17.0. The molecule has 23 heavy (non-hydrogen) atoms. The molecule has 0 bridgehead atoms. The van der Waals surface area contributed by atoms with E-state index in [1.165, 1.54) is 82.0 Å². The molecule has 1 heterocycles. The molecule has 0 radical (unpaired) electrons. The molecule has 1 nitrogen and oxygen atoms in total. The van der Waals surface area contributed by atoms with Crippen molar-refractivity contribution >= 4 is 6.91 Å². The molecular formula is C21H41BN+. The molecule has 0 N–H and O–H groups in total. The van der Waals surface area contributed by atoms with Gasteiger partial charge in [-0.2, -0.15) is 0 Å². The Hall–Kier alpha value is -0.625. The number of rotatable bonds is 12. The van der Waals surface area contributed by atoms with Crippen LogP contribution in [0.3, 0.4) is 0 Å². The molecule has 0 saturated heterocycles. The van der Waals surface area contributed by atoms with E-state index in [9.17, 15) is 0 Å². The van der Waals surface area contributed by atoms with Crippen LogP contribution in [-0.2, 0) is 0 Å². The third-order valence-electron chi connectivity index (χ3n) is 4.61. The first-order valence-electron chi connectivity index (χ1n) is 10.1. The van der Waals surface area contributed by atoms with Crippen LogP contribution in [0.15, 0.2) is 30.1 Å². The molecule has 0 aliphatic carbocycles. The van der Waals surface area contributed by atoms with Crippen molar-refractivity contribution in [3.05, 3.63) is 30.1 Å². The van der Waals surface area contributed by atoms with Crippen molar-refractivity contribution in [1.29, 1.82) is 0 Å². The SMILES string of the molecule is CCCC[N+](CCCC)(CCCC)CCCC.b1ccccc1. The van der Waals surface area contributed by atoms with E-state index in [0.717, 1.165) is 0 Å². The van der Waals surface area contributed by atoms with E-state index in [1.54, 1.807) is 0 Å². The van der Waals surface area contributed by atoms with Gasteiger partial charge in [0.2, 0.25) is 0 Å². The number of unbranched alkanes of at least 4 members (excludes halogenated alkanes) is 4. The zero-order chi connectivity index (χ0) is 17.2.